The van der Waals surface area contributed by atoms with Crippen molar-refractivity contribution in [3.8, 4) is 0 Å². The molecule has 1 atom stereocenters. The second-order valence-corrected chi connectivity index (χ2v) is 7.48. The molecule has 4 nitrogen and oxygen atoms in total. The van der Waals surface area contributed by atoms with Gasteiger partial charge >= 0.3 is 0 Å². The van der Waals surface area contributed by atoms with Crippen molar-refractivity contribution >= 4 is 21.8 Å². The second kappa shape index (κ2) is 5.06. The molecule has 3 heterocycles. The fourth-order valence-corrected chi connectivity index (χ4v) is 3.99. The van der Waals surface area contributed by atoms with E-state index in [9.17, 15) is 4.79 Å². The Bertz CT molecular complexity index is 561. The SMILES string of the molecule is O=C(N1CC(C2CCOC2)C1)C1(c2cncc(Br)c2)CC1. The Kier molecular flexibility index (Phi) is 3.30. The predicted molar refractivity (Wildman–Crippen MR) is 81.8 cm³/mol. The van der Waals surface area contributed by atoms with E-state index in [4.69, 9.17) is 4.74 Å². The van der Waals surface area contributed by atoms with E-state index in [0.717, 1.165) is 55.6 Å². The van der Waals surface area contributed by atoms with Gasteiger partial charge in [-0.25, -0.2) is 0 Å². The van der Waals surface area contributed by atoms with Gasteiger partial charge in [0.15, 0.2) is 0 Å². The van der Waals surface area contributed by atoms with Crippen molar-refractivity contribution in [1.82, 2.24) is 9.88 Å². The van der Waals surface area contributed by atoms with Crippen LogP contribution in [0.15, 0.2) is 22.9 Å². The molecule has 1 amide bonds. The summed E-state index contributed by atoms with van der Waals surface area (Å²) in [7, 11) is 0. The predicted octanol–water partition coefficient (Wildman–Crippen LogP) is 2.37. The summed E-state index contributed by atoms with van der Waals surface area (Å²) in [4.78, 5) is 19.1. The molecule has 0 spiro atoms. The van der Waals surface area contributed by atoms with Crippen LogP contribution in [0, 0.1) is 11.8 Å². The summed E-state index contributed by atoms with van der Waals surface area (Å²) >= 11 is 3.45. The van der Waals surface area contributed by atoms with Crippen molar-refractivity contribution in [1.29, 1.82) is 0 Å². The van der Waals surface area contributed by atoms with Crippen LogP contribution in [0.4, 0.5) is 0 Å². The summed E-state index contributed by atoms with van der Waals surface area (Å²) in [5.74, 6) is 1.61. The summed E-state index contributed by atoms with van der Waals surface area (Å²) in [5, 5.41) is 0. The third-order valence-electron chi connectivity index (χ3n) is 5.25. The van der Waals surface area contributed by atoms with Crippen molar-refractivity contribution in [2.24, 2.45) is 11.8 Å². The lowest BCUT2D eigenvalue weighted by Crippen LogP contribution is -2.55. The highest BCUT2D eigenvalue weighted by Crippen LogP contribution is 2.51. The molecule has 1 aromatic rings. The average molecular weight is 351 g/mol. The molecule has 1 saturated carbocycles. The standard InChI is InChI=1S/C16H19BrN2O2/c17-14-5-13(6-18-7-14)16(2-3-16)15(20)19-8-12(9-19)11-1-4-21-10-11/h5-7,11-12H,1-4,8-10H2. The van der Waals surface area contributed by atoms with E-state index in [1.165, 1.54) is 0 Å². The van der Waals surface area contributed by atoms with Gasteiger partial charge in [-0.3, -0.25) is 9.78 Å². The highest BCUT2D eigenvalue weighted by Gasteiger charge is 2.55. The summed E-state index contributed by atoms with van der Waals surface area (Å²) in [6, 6.07) is 2.04. The first-order chi connectivity index (χ1) is 10.2. The maximum atomic E-state index is 12.8. The van der Waals surface area contributed by atoms with E-state index in [2.05, 4.69) is 20.9 Å². The molecule has 3 fully saturated rings. The van der Waals surface area contributed by atoms with Gasteiger partial charge in [0.25, 0.3) is 0 Å². The lowest BCUT2D eigenvalue weighted by molar-refractivity contribution is -0.141. The molecule has 0 bridgehead atoms. The van der Waals surface area contributed by atoms with E-state index < -0.39 is 0 Å². The molecule has 112 valence electrons. The zero-order valence-electron chi connectivity index (χ0n) is 11.9. The molecule has 0 aromatic carbocycles. The molecule has 2 aliphatic heterocycles. The van der Waals surface area contributed by atoms with Crippen LogP contribution in [0.1, 0.15) is 24.8 Å². The quantitative estimate of drug-likeness (QED) is 0.840. The third-order valence-corrected chi connectivity index (χ3v) is 5.68. The molecule has 21 heavy (non-hydrogen) atoms. The van der Waals surface area contributed by atoms with E-state index in [0.29, 0.717) is 17.7 Å². The Morgan fingerprint density at radius 2 is 2.14 bits per heavy atom. The maximum absolute atomic E-state index is 12.8. The molecule has 5 heteroatoms. The lowest BCUT2D eigenvalue weighted by atomic mass is 9.83. The smallest absolute Gasteiger partial charge is 0.233 e. The first kappa shape index (κ1) is 13.7. The van der Waals surface area contributed by atoms with Gasteiger partial charge in [0.05, 0.1) is 5.41 Å². The molecule has 4 rings (SSSR count). The van der Waals surface area contributed by atoms with Crippen molar-refractivity contribution in [2.75, 3.05) is 26.3 Å². The molecule has 3 aliphatic rings. The summed E-state index contributed by atoms with van der Waals surface area (Å²) < 4.78 is 6.40. The number of pyridine rings is 1. The Morgan fingerprint density at radius 3 is 2.76 bits per heavy atom. The normalized spacial score (nSPS) is 27.5. The average Bonchev–Trinajstić information content (AvgIpc) is 3.08. The summed E-state index contributed by atoms with van der Waals surface area (Å²) in [6.45, 7) is 3.60. The summed E-state index contributed by atoms with van der Waals surface area (Å²) in [5.41, 5.74) is 0.781. The Balaban J connectivity index is 1.44. The summed E-state index contributed by atoms with van der Waals surface area (Å²) in [6.07, 6.45) is 6.68. The molecule has 0 radical (unpaired) electrons. The number of nitrogens with zero attached hydrogens (tertiary/aromatic N) is 2. The minimum Gasteiger partial charge on any atom is -0.381 e. The van der Waals surface area contributed by atoms with E-state index in [1.54, 1.807) is 6.20 Å². The van der Waals surface area contributed by atoms with E-state index in [1.807, 2.05) is 17.2 Å². The maximum Gasteiger partial charge on any atom is 0.233 e. The van der Waals surface area contributed by atoms with Gasteiger partial charge in [0, 0.05) is 43.2 Å². The van der Waals surface area contributed by atoms with Gasteiger partial charge in [-0.1, -0.05) is 0 Å². The molecule has 1 unspecified atom stereocenters. The minimum absolute atomic E-state index is 0.284. The third kappa shape index (κ3) is 2.30. The molecular weight excluding hydrogens is 332 g/mol. The zero-order valence-corrected chi connectivity index (χ0v) is 13.5. The van der Waals surface area contributed by atoms with E-state index in [-0.39, 0.29) is 5.41 Å². The molecule has 1 aromatic heterocycles. The number of hydrogen-bond acceptors (Lipinski definition) is 3. The molecule has 0 N–H and O–H groups in total. The van der Waals surface area contributed by atoms with Crippen LogP contribution >= 0.6 is 15.9 Å². The highest BCUT2D eigenvalue weighted by molar-refractivity contribution is 9.10. The highest BCUT2D eigenvalue weighted by atomic mass is 79.9. The van der Waals surface area contributed by atoms with Crippen LogP contribution in [0.25, 0.3) is 0 Å². The van der Waals surface area contributed by atoms with Crippen LogP contribution in [-0.4, -0.2) is 42.1 Å². The number of halogens is 1. The van der Waals surface area contributed by atoms with E-state index >= 15 is 0 Å². The topological polar surface area (TPSA) is 42.4 Å². The monoisotopic (exact) mass is 350 g/mol. The number of carbonyl (C=O) groups is 1. The van der Waals surface area contributed by atoms with Crippen LogP contribution in [0.2, 0.25) is 0 Å². The van der Waals surface area contributed by atoms with Crippen LogP contribution in [-0.2, 0) is 14.9 Å². The van der Waals surface area contributed by atoms with Gasteiger partial charge in [0.2, 0.25) is 5.91 Å². The number of rotatable bonds is 3. The zero-order chi connectivity index (χ0) is 14.4. The van der Waals surface area contributed by atoms with Gasteiger partial charge < -0.3 is 9.64 Å². The fraction of sp³-hybridized carbons (Fsp3) is 0.625. The number of amides is 1. The van der Waals surface area contributed by atoms with Gasteiger partial charge in [-0.05, 0) is 58.7 Å². The first-order valence-corrected chi connectivity index (χ1v) is 8.46. The Hall–Kier alpha value is -0.940. The number of ether oxygens (including phenoxy) is 1. The van der Waals surface area contributed by atoms with Crippen molar-refractivity contribution in [3.63, 3.8) is 0 Å². The number of hydrogen-bond donors (Lipinski definition) is 0. The van der Waals surface area contributed by atoms with Gasteiger partial charge in [-0.2, -0.15) is 0 Å². The first-order valence-electron chi connectivity index (χ1n) is 7.67. The number of carbonyl (C=O) groups excluding carboxylic acids is 1. The fourth-order valence-electron chi connectivity index (χ4n) is 3.63. The Labute approximate surface area is 133 Å². The molecule has 2 saturated heterocycles. The molecule has 1 aliphatic carbocycles. The lowest BCUT2D eigenvalue weighted by Gasteiger charge is -2.43. The van der Waals surface area contributed by atoms with Crippen LogP contribution in [0.5, 0.6) is 0 Å². The Morgan fingerprint density at radius 1 is 1.33 bits per heavy atom. The number of aromatic nitrogens is 1. The van der Waals surface area contributed by atoms with Gasteiger partial charge in [0.1, 0.15) is 0 Å². The van der Waals surface area contributed by atoms with Crippen molar-refractivity contribution in [2.45, 2.75) is 24.7 Å². The minimum atomic E-state index is -0.284. The van der Waals surface area contributed by atoms with Crippen molar-refractivity contribution in [3.05, 3.63) is 28.5 Å². The second-order valence-electron chi connectivity index (χ2n) is 6.57. The van der Waals surface area contributed by atoms with Gasteiger partial charge in [-0.15, -0.1) is 0 Å². The molecular formula is C16H19BrN2O2. The van der Waals surface area contributed by atoms with Crippen LogP contribution in [0.3, 0.4) is 0 Å². The largest absolute Gasteiger partial charge is 0.381 e. The van der Waals surface area contributed by atoms with Crippen molar-refractivity contribution < 1.29 is 9.53 Å². The van der Waals surface area contributed by atoms with Crippen LogP contribution < -0.4 is 0 Å². The number of likely N-dealkylation sites (tertiary alicyclic amines) is 1.